The highest BCUT2D eigenvalue weighted by atomic mass is 32.2. The molecule has 2 aromatic rings. The maximum Gasteiger partial charge on any atom is 0.233 e. The third-order valence-corrected chi connectivity index (χ3v) is 4.73. The Hall–Kier alpha value is -2.55. The Morgan fingerprint density at radius 3 is 2.40 bits per heavy atom. The number of nitrogens with two attached hydrogens (primary N) is 2. The van der Waals surface area contributed by atoms with Crippen molar-refractivity contribution in [1.82, 2.24) is 14.9 Å². The number of hydrogen-bond acceptors (Lipinski definition) is 7. The average molecular weight is 362 g/mol. The van der Waals surface area contributed by atoms with Crippen molar-refractivity contribution in [2.75, 3.05) is 48.3 Å². The minimum atomic E-state index is -0.241. The van der Waals surface area contributed by atoms with Gasteiger partial charge in [-0.25, -0.2) is 14.4 Å². The standard InChI is InChI=1S/C16H19FN6OS/c17-11-3-1-2-4-12(11)22-5-7-23(8-6-22)15(24)10-25-16-20-13(18)9-14(19)21-16/h1-4,9H,5-8,10H2,(H4,18,19,20,21). The van der Waals surface area contributed by atoms with Crippen molar-refractivity contribution in [2.45, 2.75) is 5.16 Å². The Kier molecular flexibility index (Phi) is 5.22. The van der Waals surface area contributed by atoms with Crippen LogP contribution in [0.5, 0.6) is 0 Å². The summed E-state index contributed by atoms with van der Waals surface area (Å²) in [6.45, 7) is 2.29. The van der Waals surface area contributed by atoms with Crippen LogP contribution in [0, 0.1) is 5.82 Å². The van der Waals surface area contributed by atoms with Crippen LogP contribution in [0.2, 0.25) is 0 Å². The number of carbonyl (C=O) groups excluding carboxylic acids is 1. The van der Waals surface area contributed by atoms with Crippen molar-refractivity contribution in [3.05, 3.63) is 36.1 Å². The Morgan fingerprint density at radius 1 is 1.12 bits per heavy atom. The van der Waals surface area contributed by atoms with Gasteiger partial charge in [0.2, 0.25) is 5.91 Å². The number of nitrogen functional groups attached to an aromatic ring is 2. The van der Waals surface area contributed by atoms with Crippen LogP contribution in [0.25, 0.3) is 0 Å². The second-order valence-corrected chi connectivity index (χ2v) is 6.55. The first-order valence-corrected chi connectivity index (χ1v) is 8.81. The first-order valence-electron chi connectivity index (χ1n) is 7.83. The summed E-state index contributed by atoms with van der Waals surface area (Å²) in [5, 5.41) is 0.385. The number of carbonyl (C=O) groups is 1. The second kappa shape index (κ2) is 7.56. The average Bonchev–Trinajstić information content (AvgIpc) is 2.59. The van der Waals surface area contributed by atoms with Gasteiger partial charge < -0.3 is 21.3 Å². The summed E-state index contributed by atoms with van der Waals surface area (Å²) in [6.07, 6.45) is 0. The van der Waals surface area contributed by atoms with Gasteiger partial charge in [0.15, 0.2) is 5.16 Å². The summed E-state index contributed by atoms with van der Waals surface area (Å²) in [4.78, 5) is 24.1. The molecule has 2 heterocycles. The molecule has 0 saturated carbocycles. The molecule has 9 heteroatoms. The minimum absolute atomic E-state index is 0.0113. The summed E-state index contributed by atoms with van der Waals surface area (Å²) in [5.41, 5.74) is 11.8. The van der Waals surface area contributed by atoms with E-state index in [1.807, 2.05) is 11.0 Å². The number of halogens is 1. The predicted octanol–water partition coefficient (Wildman–Crippen LogP) is 1.22. The number of benzene rings is 1. The number of anilines is 3. The first-order chi connectivity index (χ1) is 12.0. The molecule has 0 spiro atoms. The molecule has 0 unspecified atom stereocenters. The quantitative estimate of drug-likeness (QED) is 0.623. The van der Waals surface area contributed by atoms with E-state index in [4.69, 9.17) is 11.5 Å². The molecular weight excluding hydrogens is 343 g/mol. The van der Waals surface area contributed by atoms with Crippen molar-refractivity contribution in [3.8, 4) is 0 Å². The van der Waals surface area contributed by atoms with Crippen molar-refractivity contribution < 1.29 is 9.18 Å². The normalized spacial score (nSPS) is 14.6. The molecular formula is C16H19FN6OS. The monoisotopic (exact) mass is 362 g/mol. The fourth-order valence-electron chi connectivity index (χ4n) is 2.65. The number of para-hydroxylation sites is 1. The van der Waals surface area contributed by atoms with Gasteiger partial charge in [0, 0.05) is 32.2 Å². The molecule has 1 saturated heterocycles. The molecule has 0 radical (unpaired) electrons. The van der Waals surface area contributed by atoms with E-state index in [2.05, 4.69) is 9.97 Å². The summed E-state index contributed by atoms with van der Waals surface area (Å²) in [7, 11) is 0. The zero-order valence-corrected chi connectivity index (χ0v) is 14.4. The highest BCUT2D eigenvalue weighted by Gasteiger charge is 2.22. The number of amides is 1. The highest BCUT2D eigenvalue weighted by Crippen LogP contribution is 2.21. The Morgan fingerprint density at radius 2 is 1.76 bits per heavy atom. The summed E-state index contributed by atoms with van der Waals surface area (Å²) < 4.78 is 13.8. The van der Waals surface area contributed by atoms with Gasteiger partial charge in [0.1, 0.15) is 17.5 Å². The zero-order valence-electron chi connectivity index (χ0n) is 13.6. The Balaban J connectivity index is 1.52. The SMILES string of the molecule is Nc1cc(N)nc(SCC(=O)N2CCN(c3ccccc3F)CC2)n1. The highest BCUT2D eigenvalue weighted by molar-refractivity contribution is 7.99. The number of piperazine rings is 1. The molecule has 4 N–H and O–H groups in total. The molecule has 25 heavy (non-hydrogen) atoms. The first kappa shape index (κ1) is 17.3. The molecule has 7 nitrogen and oxygen atoms in total. The van der Waals surface area contributed by atoms with Crippen LogP contribution in [0.1, 0.15) is 0 Å². The van der Waals surface area contributed by atoms with Crippen LogP contribution >= 0.6 is 11.8 Å². The van der Waals surface area contributed by atoms with Gasteiger partial charge in [-0.3, -0.25) is 4.79 Å². The fourth-order valence-corrected chi connectivity index (χ4v) is 3.42. The fraction of sp³-hybridized carbons (Fsp3) is 0.312. The molecule has 1 aliphatic rings. The van der Waals surface area contributed by atoms with E-state index in [1.165, 1.54) is 23.9 Å². The molecule has 0 bridgehead atoms. The second-order valence-electron chi connectivity index (χ2n) is 5.61. The number of rotatable bonds is 4. The van der Waals surface area contributed by atoms with Crippen LogP contribution in [-0.4, -0.2) is 52.7 Å². The molecule has 1 aliphatic heterocycles. The van der Waals surface area contributed by atoms with Crippen molar-refractivity contribution in [2.24, 2.45) is 0 Å². The van der Waals surface area contributed by atoms with Crippen molar-refractivity contribution >= 4 is 35.0 Å². The molecule has 0 atom stereocenters. The van der Waals surface area contributed by atoms with E-state index in [1.54, 1.807) is 17.0 Å². The largest absolute Gasteiger partial charge is 0.383 e. The zero-order chi connectivity index (χ0) is 17.8. The lowest BCUT2D eigenvalue weighted by Crippen LogP contribution is -2.49. The number of aromatic nitrogens is 2. The number of thioether (sulfide) groups is 1. The minimum Gasteiger partial charge on any atom is -0.383 e. The summed E-state index contributed by atoms with van der Waals surface area (Å²) >= 11 is 1.20. The summed E-state index contributed by atoms with van der Waals surface area (Å²) in [5.74, 6) is 0.515. The molecule has 132 valence electrons. The Labute approximate surface area is 149 Å². The van der Waals surface area contributed by atoms with Gasteiger partial charge in [0.25, 0.3) is 0 Å². The lowest BCUT2D eigenvalue weighted by Gasteiger charge is -2.36. The molecule has 1 amide bonds. The third-order valence-electron chi connectivity index (χ3n) is 3.90. The van der Waals surface area contributed by atoms with Gasteiger partial charge >= 0.3 is 0 Å². The predicted molar refractivity (Wildman–Crippen MR) is 96.8 cm³/mol. The van der Waals surface area contributed by atoms with E-state index in [-0.39, 0.29) is 29.1 Å². The Bertz CT molecular complexity index is 746. The number of hydrogen-bond donors (Lipinski definition) is 2. The molecule has 1 fully saturated rings. The molecule has 1 aromatic carbocycles. The maximum atomic E-state index is 13.8. The lowest BCUT2D eigenvalue weighted by molar-refractivity contribution is -0.128. The molecule has 1 aromatic heterocycles. The van der Waals surface area contributed by atoms with Crippen LogP contribution in [0.15, 0.2) is 35.5 Å². The van der Waals surface area contributed by atoms with Gasteiger partial charge in [-0.05, 0) is 12.1 Å². The topological polar surface area (TPSA) is 101 Å². The van der Waals surface area contributed by atoms with Gasteiger partial charge in [-0.2, -0.15) is 0 Å². The number of nitrogens with zero attached hydrogens (tertiary/aromatic N) is 4. The van der Waals surface area contributed by atoms with E-state index < -0.39 is 0 Å². The van der Waals surface area contributed by atoms with Crippen molar-refractivity contribution in [1.29, 1.82) is 0 Å². The van der Waals surface area contributed by atoms with Crippen molar-refractivity contribution in [3.63, 3.8) is 0 Å². The smallest absolute Gasteiger partial charge is 0.233 e. The van der Waals surface area contributed by atoms with Crippen LogP contribution in [-0.2, 0) is 4.79 Å². The van der Waals surface area contributed by atoms with E-state index in [9.17, 15) is 9.18 Å². The van der Waals surface area contributed by atoms with Crippen LogP contribution in [0.3, 0.4) is 0 Å². The summed E-state index contributed by atoms with van der Waals surface area (Å²) in [6, 6.07) is 8.14. The van der Waals surface area contributed by atoms with Crippen LogP contribution < -0.4 is 16.4 Å². The van der Waals surface area contributed by atoms with Gasteiger partial charge in [-0.15, -0.1) is 0 Å². The lowest BCUT2D eigenvalue weighted by atomic mass is 10.2. The molecule has 3 rings (SSSR count). The van der Waals surface area contributed by atoms with Gasteiger partial charge in [-0.1, -0.05) is 23.9 Å². The van der Waals surface area contributed by atoms with E-state index >= 15 is 0 Å². The van der Waals surface area contributed by atoms with E-state index in [0.29, 0.717) is 37.0 Å². The van der Waals surface area contributed by atoms with E-state index in [0.717, 1.165) is 0 Å². The van der Waals surface area contributed by atoms with Crippen LogP contribution in [0.4, 0.5) is 21.7 Å². The van der Waals surface area contributed by atoms with Gasteiger partial charge in [0.05, 0.1) is 11.4 Å². The molecule has 0 aliphatic carbocycles. The maximum absolute atomic E-state index is 13.8. The third kappa shape index (κ3) is 4.30.